The zero-order valence-corrected chi connectivity index (χ0v) is 10.9. The van der Waals surface area contributed by atoms with Crippen LogP contribution in [0.3, 0.4) is 0 Å². The molecule has 1 aromatic heterocycles. The lowest BCUT2D eigenvalue weighted by molar-refractivity contribution is 1.10. The highest BCUT2D eigenvalue weighted by Gasteiger charge is 2.22. The van der Waals surface area contributed by atoms with Gasteiger partial charge >= 0.3 is 0 Å². The first-order chi connectivity index (χ1) is 9.33. The summed E-state index contributed by atoms with van der Waals surface area (Å²) in [6.45, 7) is 0. The van der Waals surface area contributed by atoms with Gasteiger partial charge in [0.25, 0.3) is 0 Å². The van der Waals surface area contributed by atoms with Gasteiger partial charge in [0, 0.05) is 5.56 Å². The molecule has 1 aliphatic rings. The van der Waals surface area contributed by atoms with Crippen LogP contribution in [0.5, 0.6) is 0 Å². The van der Waals surface area contributed by atoms with Gasteiger partial charge in [-0.25, -0.2) is 0 Å². The molecule has 1 aliphatic carbocycles. The molecule has 0 aliphatic heterocycles. The number of hydrogen-bond donors (Lipinski definition) is 1. The first-order valence-corrected chi connectivity index (χ1v) is 6.94. The molecule has 1 heterocycles. The highest BCUT2D eigenvalue weighted by Crippen LogP contribution is 2.41. The van der Waals surface area contributed by atoms with Crippen LogP contribution in [0.4, 0.5) is 5.13 Å². The second kappa shape index (κ2) is 3.90. The number of benzene rings is 2. The van der Waals surface area contributed by atoms with E-state index in [0.717, 1.165) is 17.0 Å². The number of fused-ring (bicyclic) bond motifs is 3. The van der Waals surface area contributed by atoms with Gasteiger partial charge in [-0.2, -0.15) is 0 Å². The average Bonchev–Trinajstić information content (AvgIpc) is 3.02. The number of nitrogen functional groups attached to an aromatic ring is 1. The van der Waals surface area contributed by atoms with E-state index < -0.39 is 0 Å². The van der Waals surface area contributed by atoms with Crippen LogP contribution in [-0.4, -0.2) is 10.2 Å². The fraction of sp³-hybridized carbons (Fsp3) is 0.0667. The molecule has 0 atom stereocenters. The molecule has 0 unspecified atom stereocenters. The third-order valence-corrected chi connectivity index (χ3v) is 4.31. The zero-order valence-electron chi connectivity index (χ0n) is 10.1. The minimum atomic E-state index is 0.517. The van der Waals surface area contributed by atoms with Gasteiger partial charge in [0.2, 0.25) is 5.13 Å². The molecule has 0 saturated carbocycles. The first-order valence-electron chi connectivity index (χ1n) is 6.12. The Balaban J connectivity index is 1.94. The van der Waals surface area contributed by atoms with E-state index in [9.17, 15) is 0 Å². The number of rotatable bonds is 1. The fourth-order valence-electron chi connectivity index (χ4n) is 2.70. The van der Waals surface area contributed by atoms with Crippen LogP contribution < -0.4 is 5.73 Å². The molecule has 4 heteroatoms. The van der Waals surface area contributed by atoms with Crippen molar-refractivity contribution in [3.8, 4) is 21.7 Å². The third kappa shape index (κ3) is 1.57. The molecular weight excluding hydrogens is 254 g/mol. The fourth-order valence-corrected chi connectivity index (χ4v) is 3.36. The van der Waals surface area contributed by atoms with Crippen molar-refractivity contribution in [2.24, 2.45) is 0 Å². The second-order valence-electron chi connectivity index (χ2n) is 4.61. The molecule has 0 amide bonds. The Morgan fingerprint density at radius 2 is 1.68 bits per heavy atom. The molecule has 3 nitrogen and oxygen atoms in total. The van der Waals surface area contributed by atoms with Gasteiger partial charge in [0.05, 0.1) is 0 Å². The van der Waals surface area contributed by atoms with Gasteiger partial charge in [0.15, 0.2) is 0 Å². The van der Waals surface area contributed by atoms with Crippen molar-refractivity contribution in [1.82, 2.24) is 10.2 Å². The maximum Gasteiger partial charge on any atom is 0.203 e. The van der Waals surface area contributed by atoms with Crippen molar-refractivity contribution in [3.63, 3.8) is 0 Å². The van der Waals surface area contributed by atoms with E-state index >= 15 is 0 Å². The summed E-state index contributed by atoms with van der Waals surface area (Å²) in [5.41, 5.74) is 12.2. The lowest BCUT2D eigenvalue weighted by atomic mass is 10.0. The minimum absolute atomic E-state index is 0.517. The van der Waals surface area contributed by atoms with Crippen LogP contribution in [0.15, 0.2) is 42.5 Å². The lowest BCUT2D eigenvalue weighted by Gasteiger charge is -2.04. The van der Waals surface area contributed by atoms with Crippen molar-refractivity contribution >= 4 is 16.5 Å². The number of hydrogen-bond acceptors (Lipinski definition) is 4. The summed E-state index contributed by atoms with van der Waals surface area (Å²) in [6.07, 6.45) is 0.959. The molecule has 19 heavy (non-hydrogen) atoms. The van der Waals surface area contributed by atoms with Crippen molar-refractivity contribution in [2.45, 2.75) is 6.42 Å². The SMILES string of the molecule is Nc1nnc(-c2cccc3c2Cc2ccccc2-3)s1. The van der Waals surface area contributed by atoms with E-state index in [-0.39, 0.29) is 0 Å². The van der Waals surface area contributed by atoms with Crippen molar-refractivity contribution < 1.29 is 0 Å². The highest BCUT2D eigenvalue weighted by atomic mass is 32.1. The molecule has 0 fully saturated rings. The highest BCUT2D eigenvalue weighted by molar-refractivity contribution is 7.18. The number of nitrogens with two attached hydrogens (primary N) is 1. The number of aromatic nitrogens is 2. The van der Waals surface area contributed by atoms with Crippen LogP contribution in [0.1, 0.15) is 11.1 Å². The van der Waals surface area contributed by atoms with E-state index in [1.54, 1.807) is 0 Å². The molecule has 2 N–H and O–H groups in total. The normalized spacial score (nSPS) is 12.2. The smallest absolute Gasteiger partial charge is 0.203 e. The van der Waals surface area contributed by atoms with Crippen molar-refractivity contribution in [1.29, 1.82) is 0 Å². The Bertz CT molecular complexity index is 777. The average molecular weight is 265 g/mol. The largest absolute Gasteiger partial charge is 0.374 e. The van der Waals surface area contributed by atoms with Gasteiger partial charge in [0.1, 0.15) is 5.01 Å². The molecule has 92 valence electrons. The van der Waals surface area contributed by atoms with E-state index in [0.29, 0.717) is 5.13 Å². The van der Waals surface area contributed by atoms with Gasteiger partial charge in [-0.05, 0) is 28.7 Å². The van der Waals surface area contributed by atoms with E-state index in [2.05, 4.69) is 52.7 Å². The molecule has 3 aromatic rings. The summed E-state index contributed by atoms with van der Waals surface area (Å²) in [6, 6.07) is 14.9. The van der Waals surface area contributed by atoms with Crippen LogP contribution >= 0.6 is 11.3 Å². The maximum absolute atomic E-state index is 5.69. The summed E-state index contributed by atoms with van der Waals surface area (Å²) in [7, 11) is 0. The Kier molecular flexibility index (Phi) is 2.19. The summed E-state index contributed by atoms with van der Waals surface area (Å²) in [5, 5.41) is 9.51. The molecule has 0 radical (unpaired) electrons. The molecule has 2 aromatic carbocycles. The van der Waals surface area contributed by atoms with Crippen LogP contribution in [0.2, 0.25) is 0 Å². The summed E-state index contributed by atoms with van der Waals surface area (Å²) in [5.74, 6) is 0. The Labute approximate surface area is 114 Å². The third-order valence-electron chi connectivity index (χ3n) is 3.52. The summed E-state index contributed by atoms with van der Waals surface area (Å²) < 4.78 is 0. The second-order valence-corrected chi connectivity index (χ2v) is 5.62. The summed E-state index contributed by atoms with van der Waals surface area (Å²) >= 11 is 1.44. The van der Waals surface area contributed by atoms with Crippen LogP contribution in [0.25, 0.3) is 21.7 Å². The molecule has 0 bridgehead atoms. The van der Waals surface area contributed by atoms with Crippen molar-refractivity contribution in [3.05, 3.63) is 53.6 Å². The molecule has 4 rings (SSSR count). The predicted molar refractivity (Wildman–Crippen MR) is 78.0 cm³/mol. The van der Waals surface area contributed by atoms with Gasteiger partial charge < -0.3 is 5.73 Å². The van der Waals surface area contributed by atoms with Crippen molar-refractivity contribution in [2.75, 3.05) is 5.73 Å². The van der Waals surface area contributed by atoms with E-state index in [4.69, 9.17) is 5.73 Å². The first kappa shape index (κ1) is 10.7. The number of anilines is 1. The van der Waals surface area contributed by atoms with E-state index in [1.807, 2.05) is 0 Å². The van der Waals surface area contributed by atoms with Crippen LogP contribution in [-0.2, 0) is 6.42 Å². The van der Waals surface area contributed by atoms with E-state index in [1.165, 1.54) is 33.6 Å². The van der Waals surface area contributed by atoms with Gasteiger partial charge in [-0.15, -0.1) is 10.2 Å². The quantitative estimate of drug-likeness (QED) is 0.574. The maximum atomic E-state index is 5.69. The molecule has 0 spiro atoms. The minimum Gasteiger partial charge on any atom is -0.374 e. The molecular formula is C15H11N3S. The Hall–Kier alpha value is -2.20. The standard InChI is InChI=1S/C15H11N3S/c16-15-18-17-14(19-15)12-7-3-6-11-10-5-2-1-4-9(10)8-13(11)12/h1-7H,8H2,(H2,16,18). The lowest BCUT2D eigenvalue weighted by Crippen LogP contribution is -1.87. The Morgan fingerprint density at radius 1 is 0.895 bits per heavy atom. The van der Waals surface area contributed by atoms with Crippen LogP contribution in [0, 0.1) is 0 Å². The summed E-state index contributed by atoms with van der Waals surface area (Å²) in [4.78, 5) is 0. The zero-order chi connectivity index (χ0) is 12.8. The van der Waals surface area contributed by atoms with Gasteiger partial charge in [-0.1, -0.05) is 53.8 Å². The Morgan fingerprint density at radius 3 is 2.53 bits per heavy atom. The number of nitrogens with zero attached hydrogens (tertiary/aromatic N) is 2. The predicted octanol–water partition coefficient (Wildman–Crippen LogP) is 3.36. The topological polar surface area (TPSA) is 51.8 Å². The monoisotopic (exact) mass is 265 g/mol. The molecule has 0 saturated heterocycles. The van der Waals surface area contributed by atoms with Gasteiger partial charge in [-0.3, -0.25) is 0 Å².